The molecule has 0 aliphatic carbocycles. The summed E-state index contributed by atoms with van der Waals surface area (Å²) < 4.78 is 13.6. The van der Waals surface area contributed by atoms with E-state index in [4.69, 9.17) is 9.15 Å². The van der Waals surface area contributed by atoms with Gasteiger partial charge >= 0.3 is 0 Å². The van der Waals surface area contributed by atoms with Crippen LogP contribution in [0.2, 0.25) is 0 Å². The average Bonchev–Trinajstić information content (AvgIpc) is 3.45. The van der Waals surface area contributed by atoms with Gasteiger partial charge in [0, 0.05) is 35.7 Å². The van der Waals surface area contributed by atoms with E-state index in [-0.39, 0.29) is 17.6 Å². The number of thioether (sulfide) groups is 1. The molecule has 28 heavy (non-hydrogen) atoms. The third-order valence-corrected chi connectivity index (χ3v) is 5.86. The molecule has 6 nitrogen and oxygen atoms in total. The van der Waals surface area contributed by atoms with E-state index in [0.29, 0.717) is 11.1 Å². The highest BCUT2D eigenvalue weighted by atomic mass is 32.2. The van der Waals surface area contributed by atoms with Gasteiger partial charge in [0.05, 0.1) is 11.9 Å². The Kier molecular flexibility index (Phi) is 5.64. The van der Waals surface area contributed by atoms with Gasteiger partial charge in [-0.2, -0.15) is 0 Å². The van der Waals surface area contributed by atoms with Crippen molar-refractivity contribution in [1.29, 1.82) is 0 Å². The zero-order valence-electron chi connectivity index (χ0n) is 16.1. The molecule has 4 rings (SSSR count). The Balaban J connectivity index is 1.41. The highest BCUT2D eigenvalue weighted by molar-refractivity contribution is 7.99. The minimum absolute atomic E-state index is 0.0659. The number of aryl methyl sites for hydroxylation is 1. The van der Waals surface area contributed by atoms with Crippen LogP contribution in [0.4, 0.5) is 0 Å². The Morgan fingerprint density at radius 1 is 1.25 bits per heavy atom. The summed E-state index contributed by atoms with van der Waals surface area (Å²) in [7, 11) is 0. The Bertz CT molecular complexity index is 959. The van der Waals surface area contributed by atoms with E-state index in [0.717, 1.165) is 48.5 Å². The molecule has 1 saturated heterocycles. The largest absolute Gasteiger partial charge is 0.411 e. The molecule has 0 saturated carbocycles. The van der Waals surface area contributed by atoms with Gasteiger partial charge in [0.15, 0.2) is 5.78 Å². The Hall–Kier alpha value is -2.38. The number of aromatic nitrogens is 3. The van der Waals surface area contributed by atoms with Gasteiger partial charge in [-0.15, -0.1) is 10.2 Å². The third kappa shape index (κ3) is 4.05. The molecule has 146 valence electrons. The first-order chi connectivity index (χ1) is 13.6. The normalized spacial score (nSPS) is 16.6. The van der Waals surface area contributed by atoms with Crippen LogP contribution in [-0.2, 0) is 11.3 Å². The number of Topliss-reactive ketones (excluding diaryl/α,β-unsaturated/α-hetero) is 1. The van der Waals surface area contributed by atoms with E-state index in [2.05, 4.69) is 14.8 Å². The first-order valence-corrected chi connectivity index (χ1v) is 10.4. The maximum atomic E-state index is 12.8. The highest BCUT2D eigenvalue weighted by Crippen LogP contribution is 2.25. The molecule has 3 heterocycles. The van der Waals surface area contributed by atoms with Gasteiger partial charge in [-0.3, -0.25) is 4.79 Å². The second kappa shape index (κ2) is 8.32. The van der Waals surface area contributed by atoms with Crippen LogP contribution in [0.5, 0.6) is 0 Å². The number of rotatable bonds is 7. The summed E-state index contributed by atoms with van der Waals surface area (Å²) in [5.74, 6) is 0.794. The minimum atomic E-state index is 0.0659. The van der Waals surface area contributed by atoms with E-state index in [9.17, 15) is 4.79 Å². The summed E-state index contributed by atoms with van der Waals surface area (Å²) in [5, 5.41) is 8.51. The van der Waals surface area contributed by atoms with Crippen molar-refractivity contribution in [2.45, 2.75) is 44.6 Å². The van der Waals surface area contributed by atoms with Crippen LogP contribution in [0.25, 0.3) is 11.5 Å². The molecular formula is C21H23N3O3S. The number of ether oxygens (including phenoxy) is 1. The maximum absolute atomic E-state index is 12.8. The Morgan fingerprint density at radius 2 is 2.07 bits per heavy atom. The fourth-order valence-electron chi connectivity index (χ4n) is 3.53. The van der Waals surface area contributed by atoms with Gasteiger partial charge in [-0.25, -0.2) is 0 Å². The minimum Gasteiger partial charge on any atom is -0.411 e. The molecule has 7 heteroatoms. The van der Waals surface area contributed by atoms with Crippen molar-refractivity contribution in [3.8, 4) is 11.5 Å². The quantitative estimate of drug-likeness (QED) is 0.437. The van der Waals surface area contributed by atoms with E-state index >= 15 is 0 Å². The lowest BCUT2D eigenvalue weighted by molar-refractivity contribution is 0.0957. The molecule has 1 aromatic carbocycles. The SMILES string of the molecule is Cc1cc(C(=O)CSc2nnc(-c3ccccc3)o2)c(C)n1C[C@@H]1CCCO1. The molecule has 1 aliphatic heterocycles. The maximum Gasteiger partial charge on any atom is 0.277 e. The predicted molar refractivity (Wildman–Crippen MR) is 108 cm³/mol. The van der Waals surface area contributed by atoms with Crippen molar-refractivity contribution < 1.29 is 13.9 Å². The van der Waals surface area contributed by atoms with E-state index in [1.165, 1.54) is 11.8 Å². The van der Waals surface area contributed by atoms with Crippen LogP contribution in [0, 0.1) is 13.8 Å². The lowest BCUT2D eigenvalue weighted by Gasteiger charge is -2.14. The van der Waals surface area contributed by atoms with Crippen molar-refractivity contribution in [2.75, 3.05) is 12.4 Å². The molecule has 1 fully saturated rings. The van der Waals surface area contributed by atoms with Crippen LogP contribution in [0.3, 0.4) is 0 Å². The van der Waals surface area contributed by atoms with Crippen LogP contribution in [0.15, 0.2) is 46.0 Å². The molecule has 3 aromatic rings. The third-order valence-electron chi connectivity index (χ3n) is 5.04. The molecule has 0 amide bonds. The van der Waals surface area contributed by atoms with Crippen molar-refractivity contribution in [3.63, 3.8) is 0 Å². The highest BCUT2D eigenvalue weighted by Gasteiger charge is 2.21. The molecule has 0 bridgehead atoms. The molecule has 1 aliphatic rings. The molecule has 0 N–H and O–H groups in total. The summed E-state index contributed by atoms with van der Waals surface area (Å²) in [6.07, 6.45) is 2.44. The van der Waals surface area contributed by atoms with Crippen molar-refractivity contribution >= 4 is 17.5 Å². The van der Waals surface area contributed by atoms with Crippen molar-refractivity contribution in [2.24, 2.45) is 0 Å². The summed E-state index contributed by atoms with van der Waals surface area (Å²) in [5.41, 5.74) is 3.70. The first-order valence-electron chi connectivity index (χ1n) is 9.45. The topological polar surface area (TPSA) is 70.2 Å². The number of nitrogens with zero attached hydrogens (tertiary/aromatic N) is 3. The fourth-order valence-corrected chi connectivity index (χ4v) is 4.17. The number of ketones is 1. The summed E-state index contributed by atoms with van der Waals surface area (Å²) >= 11 is 1.27. The molecule has 0 unspecified atom stereocenters. The zero-order valence-corrected chi connectivity index (χ0v) is 16.9. The molecule has 0 spiro atoms. The predicted octanol–water partition coefficient (Wildman–Crippen LogP) is 4.31. The van der Waals surface area contributed by atoms with Gasteiger partial charge in [-0.05, 0) is 44.9 Å². The average molecular weight is 398 g/mol. The van der Waals surface area contributed by atoms with Crippen LogP contribution >= 0.6 is 11.8 Å². The number of hydrogen-bond acceptors (Lipinski definition) is 6. The fraction of sp³-hybridized carbons (Fsp3) is 0.381. The second-order valence-electron chi connectivity index (χ2n) is 6.98. The van der Waals surface area contributed by atoms with E-state index in [1.54, 1.807) is 0 Å². The first kappa shape index (κ1) is 19.0. The van der Waals surface area contributed by atoms with Crippen LogP contribution < -0.4 is 0 Å². The van der Waals surface area contributed by atoms with Gasteiger partial charge < -0.3 is 13.7 Å². The van der Waals surface area contributed by atoms with Gasteiger partial charge in [0.1, 0.15) is 0 Å². The number of carbonyl (C=O) groups excluding carboxylic acids is 1. The molecule has 0 radical (unpaired) electrons. The summed E-state index contributed by atoms with van der Waals surface area (Å²) in [4.78, 5) is 12.8. The van der Waals surface area contributed by atoms with Crippen LogP contribution in [-0.4, -0.2) is 39.0 Å². The molecule has 2 aromatic heterocycles. The molecular weight excluding hydrogens is 374 g/mol. The summed E-state index contributed by atoms with van der Waals surface area (Å²) in [6.45, 7) is 5.68. The van der Waals surface area contributed by atoms with E-state index in [1.807, 2.05) is 50.2 Å². The van der Waals surface area contributed by atoms with Gasteiger partial charge in [-0.1, -0.05) is 30.0 Å². The smallest absolute Gasteiger partial charge is 0.277 e. The lowest BCUT2D eigenvalue weighted by Crippen LogP contribution is -2.17. The Morgan fingerprint density at radius 3 is 2.82 bits per heavy atom. The van der Waals surface area contributed by atoms with Crippen LogP contribution in [0.1, 0.15) is 34.6 Å². The summed E-state index contributed by atoms with van der Waals surface area (Å²) in [6, 6.07) is 11.6. The molecule has 1 atom stereocenters. The zero-order chi connectivity index (χ0) is 19.5. The van der Waals surface area contributed by atoms with E-state index < -0.39 is 0 Å². The second-order valence-corrected chi connectivity index (χ2v) is 7.91. The van der Waals surface area contributed by atoms with Crippen molar-refractivity contribution in [3.05, 3.63) is 53.3 Å². The standard InChI is InChI=1S/C21H23N3O3S/c1-14-11-18(15(2)24(14)12-17-9-6-10-26-17)19(25)13-28-21-23-22-20(27-21)16-7-4-3-5-8-16/h3-5,7-8,11,17H,6,9-10,12-13H2,1-2H3/t17-/m0/s1. The number of benzene rings is 1. The van der Waals surface area contributed by atoms with Gasteiger partial charge in [0.2, 0.25) is 5.89 Å². The van der Waals surface area contributed by atoms with Crippen molar-refractivity contribution in [1.82, 2.24) is 14.8 Å². The Labute approximate surface area is 168 Å². The monoisotopic (exact) mass is 397 g/mol. The number of carbonyl (C=O) groups is 1. The lowest BCUT2D eigenvalue weighted by atomic mass is 10.2. The number of hydrogen-bond donors (Lipinski definition) is 0. The van der Waals surface area contributed by atoms with Gasteiger partial charge in [0.25, 0.3) is 5.22 Å².